The Morgan fingerprint density at radius 3 is 2.09 bits per heavy atom. The van der Waals surface area contributed by atoms with E-state index in [0.29, 0.717) is 18.6 Å². The van der Waals surface area contributed by atoms with Crippen molar-refractivity contribution in [2.24, 2.45) is 0 Å². The molecule has 0 aliphatic heterocycles. The molecule has 0 aromatic heterocycles. The van der Waals surface area contributed by atoms with E-state index in [2.05, 4.69) is 5.32 Å². The zero-order chi connectivity index (χ0) is 32.4. The number of methoxy groups -OCH3 is 3. The lowest BCUT2D eigenvalue weighted by molar-refractivity contribution is -0.140. The second kappa shape index (κ2) is 15.7. The summed E-state index contributed by atoms with van der Waals surface area (Å²) in [5.41, 5.74) is 0.838. The average molecular weight is 646 g/mol. The minimum Gasteiger partial charge on any atom is -0.495 e. The fourth-order valence-corrected chi connectivity index (χ4v) is 6.22. The van der Waals surface area contributed by atoms with Crippen molar-refractivity contribution in [2.75, 3.05) is 32.2 Å². The number of ether oxygens (including phenoxy) is 3. The molecule has 0 bridgehead atoms. The van der Waals surface area contributed by atoms with E-state index in [-0.39, 0.29) is 45.6 Å². The second-order valence-electron chi connectivity index (χ2n) is 10.1. The average Bonchev–Trinajstić information content (AvgIpc) is 3.03. The van der Waals surface area contributed by atoms with Crippen LogP contribution in [0.15, 0.2) is 71.6 Å². The van der Waals surface area contributed by atoms with E-state index in [1.165, 1.54) is 56.6 Å². The third kappa shape index (κ3) is 8.15. The van der Waals surface area contributed by atoms with Crippen LogP contribution >= 0.6 is 11.6 Å². The van der Waals surface area contributed by atoms with E-state index in [1.54, 1.807) is 6.07 Å². The van der Waals surface area contributed by atoms with Gasteiger partial charge in [-0.2, -0.15) is 0 Å². The Labute approximate surface area is 264 Å². The molecule has 238 valence electrons. The first-order chi connectivity index (χ1) is 21.0. The smallest absolute Gasteiger partial charge is 0.265 e. The normalized spacial score (nSPS) is 12.5. The van der Waals surface area contributed by atoms with Gasteiger partial charge in [0.1, 0.15) is 18.3 Å². The van der Waals surface area contributed by atoms with Gasteiger partial charge in [-0.15, -0.1) is 0 Å². The number of amides is 2. The Kier molecular flexibility index (Phi) is 12.3. The van der Waals surface area contributed by atoms with Gasteiger partial charge in [0.15, 0.2) is 11.5 Å². The van der Waals surface area contributed by atoms with E-state index in [0.717, 1.165) is 9.87 Å². The van der Waals surface area contributed by atoms with Gasteiger partial charge in [-0.1, -0.05) is 55.8 Å². The molecule has 2 unspecified atom stereocenters. The summed E-state index contributed by atoms with van der Waals surface area (Å²) in [4.78, 5) is 29.0. The van der Waals surface area contributed by atoms with Gasteiger partial charge in [0.25, 0.3) is 10.0 Å². The number of nitrogens with zero attached hydrogens (tertiary/aromatic N) is 2. The predicted octanol–water partition coefficient (Wildman–Crippen LogP) is 5.28. The maximum atomic E-state index is 14.3. The Morgan fingerprint density at radius 2 is 1.50 bits per heavy atom. The van der Waals surface area contributed by atoms with Gasteiger partial charge in [-0.05, 0) is 55.7 Å². The van der Waals surface area contributed by atoms with Crippen LogP contribution in [0.25, 0.3) is 0 Å². The molecule has 44 heavy (non-hydrogen) atoms. The monoisotopic (exact) mass is 645 g/mol. The number of nitrogens with one attached hydrogen (secondary N) is 1. The van der Waals surface area contributed by atoms with Gasteiger partial charge in [0.2, 0.25) is 11.8 Å². The van der Waals surface area contributed by atoms with Gasteiger partial charge in [-0.3, -0.25) is 13.9 Å². The molecule has 3 aromatic rings. The number of carbonyl (C=O) groups is 2. The van der Waals surface area contributed by atoms with Crippen molar-refractivity contribution in [1.29, 1.82) is 0 Å². The lowest BCUT2D eigenvalue weighted by Gasteiger charge is -2.34. The number of sulfonamides is 1. The summed E-state index contributed by atoms with van der Waals surface area (Å²) in [5, 5.41) is 3.20. The molecular formula is C32H40ClN3O7S. The van der Waals surface area contributed by atoms with Crippen LogP contribution in [0.5, 0.6) is 17.2 Å². The summed E-state index contributed by atoms with van der Waals surface area (Å²) >= 11 is 6.32. The van der Waals surface area contributed by atoms with Crippen LogP contribution in [0, 0.1) is 0 Å². The third-order valence-corrected chi connectivity index (χ3v) is 9.20. The maximum absolute atomic E-state index is 14.3. The topological polar surface area (TPSA) is 114 Å². The van der Waals surface area contributed by atoms with Crippen molar-refractivity contribution in [2.45, 2.75) is 57.1 Å². The quantitative estimate of drug-likeness (QED) is 0.239. The zero-order valence-corrected chi connectivity index (χ0v) is 27.4. The van der Waals surface area contributed by atoms with E-state index >= 15 is 0 Å². The SMILES string of the molecule is CCC(C)NC(=O)C(CC)N(Cc1ccccc1)C(=O)CN(c1cc(Cl)ccc1OC)S(=O)(=O)c1ccc(OC)c(OC)c1. The molecule has 0 aliphatic rings. The minimum atomic E-state index is -4.43. The molecule has 0 fully saturated rings. The van der Waals surface area contributed by atoms with Crippen LogP contribution in [-0.4, -0.2) is 65.1 Å². The molecular weight excluding hydrogens is 606 g/mol. The molecule has 0 saturated heterocycles. The number of carbonyl (C=O) groups excluding carboxylic acids is 2. The molecule has 0 heterocycles. The summed E-state index contributed by atoms with van der Waals surface area (Å²) in [5.74, 6) is -0.202. The molecule has 12 heteroatoms. The first kappa shape index (κ1) is 34.5. The number of hydrogen-bond donors (Lipinski definition) is 1. The molecule has 10 nitrogen and oxygen atoms in total. The molecule has 1 N–H and O–H groups in total. The van der Waals surface area contributed by atoms with E-state index < -0.39 is 28.5 Å². The molecule has 3 rings (SSSR count). The number of anilines is 1. The van der Waals surface area contributed by atoms with Crippen LogP contribution in [0.4, 0.5) is 5.69 Å². The Balaban J connectivity index is 2.16. The number of benzene rings is 3. The van der Waals surface area contributed by atoms with Crippen molar-refractivity contribution in [3.63, 3.8) is 0 Å². The first-order valence-corrected chi connectivity index (χ1v) is 16.0. The summed E-state index contributed by atoms with van der Waals surface area (Å²) < 4.78 is 45.7. The standard InChI is InChI=1S/C32H40ClN3O7S/c1-7-22(3)34-32(38)26(8-2)35(20-23-12-10-9-11-13-23)31(37)21-36(27-18-24(33)14-16-28(27)41-4)44(39,40)25-15-17-29(42-5)30(19-25)43-6/h9-19,22,26H,7-8,20-21H2,1-6H3,(H,34,38). The third-order valence-electron chi connectivity index (χ3n) is 7.21. The highest BCUT2D eigenvalue weighted by Gasteiger charge is 2.35. The van der Waals surface area contributed by atoms with Gasteiger partial charge in [0.05, 0.1) is 31.9 Å². The lowest BCUT2D eigenvalue weighted by Crippen LogP contribution is -2.53. The number of hydrogen-bond acceptors (Lipinski definition) is 7. The Hall–Kier alpha value is -3.96. The van der Waals surface area contributed by atoms with Crippen LogP contribution in [-0.2, 0) is 26.2 Å². The van der Waals surface area contributed by atoms with E-state index in [9.17, 15) is 18.0 Å². The van der Waals surface area contributed by atoms with E-state index in [1.807, 2.05) is 51.1 Å². The highest BCUT2D eigenvalue weighted by atomic mass is 35.5. The molecule has 0 aliphatic carbocycles. The number of rotatable bonds is 15. The van der Waals surface area contributed by atoms with Crippen molar-refractivity contribution < 1.29 is 32.2 Å². The lowest BCUT2D eigenvalue weighted by atomic mass is 10.1. The fourth-order valence-electron chi connectivity index (χ4n) is 4.62. The van der Waals surface area contributed by atoms with Gasteiger partial charge in [0, 0.05) is 23.7 Å². The molecule has 0 spiro atoms. The van der Waals surface area contributed by atoms with Gasteiger partial charge >= 0.3 is 0 Å². The number of halogens is 1. The maximum Gasteiger partial charge on any atom is 0.265 e. The summed E-state index contributed by atoms with van der Waals surface area (Å²) in [6.07, 6.45) is 1.02. The van der Waals surface area contributed by atoms with Crippen LogP contribution in [0.1, 0.15) is 39.2 Å². The van der Waals surface area contributed by atoms with Crippen molar-refractivity contribution in [3.05, 3.63) is 77.3 Å². The van der Waals surface area contributed by atoms with Crippen LogP contribution in [0.2, 0.25) is 5.02 Å². The van der Waals surface area contributed by atoms with Gasteiger partial charge < -0.3 is 24.4 Å². The van der Waals surface area contributed by atoms with Crippen molar-refractivity contribution in [3.8, 4) is 17.2 Å². The Morgan fingerprint density at radius 1 is 0.864 bits per heavy atom. The first-order valence-electron chi connectivity index (χ1n) is 14.2. The molecule has 3 aromatic carbocycles. The molecule has 2 atom stereocenters. The highest BCUT2D eigenvalue weighted by Crippen LogP contribution is 2.37. The summed E-state index contributed by atoms with van der Waals surface area (Å²) in [6, 6.07) is 16.9. The second-order valence-corrected chi connectivity index (χ2v) is 12.4. The summed E-state index contributed by atoms with van der Waals surface area (Å²) in [7, 11) is -0.198. The van der Waals surface area contributed by atoms with Crippen molar-refractivity contribution >= 4 is 39.1 Å². The molecule has 0 radical (unpaired) electrons. The zero-order valence-electron chi connectivity index (χ0n) is 25.9. The highest BCUT2D eigenvalue weighted by molar-refractivity contribution is 7.92. The summed E-state index contributed by atoms with van der Waals surface area (Å²) in [6.45, 7) is 5.09. The molecule has 2 amide bonds. The Bertz CT molecular complexity index is 1540. The minimum absolute atomic E-state index is 0.0555. The van der Waals surface area contributed by atoms with Crippen LogP contribution in [0.3, 0.4) is 0 Å². The van der Waals surface area contributed by atoms with Gasteiger partial charge in [-0.25, -0.2) is 8.42 Å². The fraction of sp³-hybridized carbons (Fsp3) is 0.375. The largest absolute Gasteiger partial charge is 0.495 e. The molecule has 0 saturated carbocycles. The van der Waals surface area contributed by atoms with Crippen LogP contribution < -0.4 is 23.8 Å². The van der Waals surface area contributed by atoms with E-state index in [4.69, 9.17) is 25.8 Å². The van der Waals surface area contributed by atoms with Crippen molar-refractivity contribution in [1.82, 2.24) is 10.2 Å². The predicted molar refractivity (Wildman–Crippen MR) is 171 cm³/mol.